The maximum Gasteiger partial charge on any atom is 0.262 e. The van der Waals surface area contributed by atoms with Gasteiger partial charge in [0.15, 0.2) is 0 Å². The fraction of sp³-hybridized carbons (Fsp3) is 0.294. The molecule has 23 heavy (non-hydrogen) atoms. The summed E-state index contributed by atoms with van der Waals surface area (Å²) in [7, 11) is 0. The van der Waals surface area contributed by atoms with Crippen LogP contribution in [0, 0.1) is 13.8 Å². The van der Waals surface area contributed by atoms with E-state index in [1.807, 2.05) is 32.0 Å². The summed E-state index contributed by atoms with van der Waals surface area (Å²) in [5.74, 6) is -0.313. The van der Waals surface area contributed by atoms with Crippen molar-refractivity contribution in [3.63, 3.8) is 0 Å². The van der Waals surface area contributed by atoms with Crippen LogP contribution in [0.15, 0.2) is 30.3 Å². The van der Waals surface area contributed by atoms with Crippen LogP contribution in [0.25, 0.3) is 0 Å². The molecule has 1 aromatic heterocycles. The third-order valence-electron chi connectivity index (χ3n) is 4.11. The molecule has 3 rings (SSSR count). The Morgan fingerprint density at radius 1 is 1.26 bits per heavy atom. The van der Waals surface area contributed by atoms with Crippen molar-refractivity contribution in [1.29, 1.82) is 0 Å². The number of benzene rings is 1. The van der Waals surface area contributed by atoms with Gasteiger partial charge in [-0.15, -0.1) is 11.3 Å². The average molecular weight is 349 g/mol. The smallest absolute Gasteiger partial charge is 0.262 e. The molecule has 0 bridgehead atoms. The van der Waals surface area contributed by atoms with E-state index in [1.54, 1.807) is 17.0 Å². The zero-order valence-electron chi connectivity index (χ0n) is 12.9. The number of thiophene rings is 1. The summed E-state index contributed by atoms with van der Waals surface area (Å²) >= 11 is 7.05. The minimum Gasteiger partial charge on any atom is -0.339 e. The molecular formula is C17H17ClN2O2S. The average Bonchev–Trinajstić information content (AvgIpc) is 3.09. The van der Waals surface area contributed by atoms with Crippen molar-refractivity contribution < 1.29 is 9.59 Å². The highest BCUT2D eigenvalue weighted by molar-refractivity contribution is 7.18. The first-order valence-electron chi connectivity index (χ1n) is 7.40. The molecule has 120 valence electrons. The van der Waals surface area contributed by atoms with Crippen LogP contribution in [-0.2, 0) is 4.79 Å². The Balaban J connectivity index is 1.71. The zero-order valence-corrected chi connectivity index (χ0v) is 14.5. The minimum atomic E-state index is -0.481. The van der Waals surface area contributed by atoms with Crippen molar-refractivity contribution in [1.82, 2.24) is 5.32 Å². The van der Waals surface area contributed by atoms with E-state index in [1.165, 1.54) is 16.9 Å². The van der Waals surface area contributed by atoms with Gasteiger partial charge in [-0.05, 0) is 55.7 Å². The van der Waals surface area contributed by atoms with E-state index in [-0.39, 0.29) is 11.8 Å². The molecule has 2 aromatic rings. The fourth-order valence-corrected chi connectivity index (χ4v) is 3.58. The second-order valence-electron chi connectivity index (χ2n) is 5.68. The predicted molar refractivity (Wildman–Crippen MR) is 93.5 cm³/mol. The molecule has 6 heteroatoms. The highest BCUT2D eigenvalue weighted by Crippen LogP contribution is 2.25. The molecule has 1 fully saturated rings. The van der Waals surface area contributed by atoms with Crippen molar-refractivity contribution in [3.05, 3.63) is 50.7 Å². The van der Waals surface area contributed by atoms with E-state index >= 15 is 0 Å². The summed E-state index contributed by atoms with van der Waals surface area (Å²) < 4.78 is 0.560. The summed E-state index contributed by atoms with van der Waals surface area (Å²) in [6, 6.07) is 8.84. The Kier molecular flexibility index (Phi) is 4.41. The maximum absolute atomic E-state index is 12.6. The number of nitrogens with zero attached hydrogens (tertiary/aromatic N) is 1. The third kappa shape index (κ3) is 3.26. The van der Waals surface area contributed by atoms with E-state index in [0.717, 1.165) is 11.3 Å². The summed E-state index contributed by atoms with van der Waals surface area (Å²) in [6.07, 6.45) is 0.608. The van der Waals surface area contributed by atoms with Gasteiger partial charge >= 0.3 is 0 Å². The van der Waals surface area contributed by atoms with Crippen LogP contribution in [0.2, 0.25) is 4.34 Å². The molecule has 0 aliphatic carbocycles. The lowest BCUT2D eigenvalue weighted by Gasteiger charge is -2.18. The van der Waals surface area contributed by atoms with Crippen molar-refractivity contribution in [2.75, 3.05) is 11.4 Å². The van der Waals surface area contributed by atoms with Crippen LogP contribution >= 0.6 is 22.9 Å². The lowest BCUT2D eigenvalue weighted by Crippen LogP contribution is -2.41. The first kappa shape index (κ1) is 16.0. The second kappa shape index (κ2) is 6.34. The van der Waals surface area contributed by atoms with Crippen LogP contribution in [0.3, 0.4) is 0 Å². The van der Waals surface area contributed by atoms with Crippen molar-refractivity contribution in [3.8, 4) is 0 Å². The van der Waals surface area contributed by atoms with Gasteiger partial charge in [0.1, 0.15) is 6.04 Å². The van der Waals surface area contributed by atoms with Crippen molar-refractivity contribution >= 4 is 40.4 Å². The number of rotatable bonds is 3. The van der Waals surface area contributed by atoms with E-state index in [2.05, 4.69) is 5.32 Å². The highest BCUT2D eigenvalue weighted by atomic mass is 35.5. The molecule has 0 radical (unpaired) electrons. The molecule has 1 saturated heterocycles. The summed E-state index contributed by atoms with van der Waals surface area (Å²) in [5, 5.41) is 2.81. The number of halogens is 1. The predicted octanol–water partition coefficient (Wildman–Crippen LogP) is 3.55. The molecule has 0 unspecified atom stereocenters. The number of anilines is 1. The minimum absolute atomic E-state index is 0.0655. The molecule has 0 saturated carbocycles. The Labute approximate surface area is 144 Å². The summed E-state index contributed by atoms with van der Waals surface area (Å²) in [6.45, 7) is 4.68. The normalized spacial score (nSPS) is 17.6. The van der Waals surface area contributed by atoms with Gasteiger partial charge in [0.2, 0.25) is 5.91 Å². The van der Waals surface area contributed by atoms with Crippen LogP contribution in [0.1, 0.15) is 27.2 Å². The van der Waals surface area contributed by atoms with Crippen LogP contribution < -0.4 is 10.2 Å². The monoisotopic (exact) mass is 348 g/mol. The Hall–Kier alpha value is -1.85. The SMILES string of the molecule is Cc1ccc(N2CC[C@@H](NC(=O)c3ccc(Cl)s3)C2=O)cc1C. The number of hydrogen-bond acceptors (Lipinski definition) is 3. The van der Waals surface area contributed by atoms with E-state index in [0.29, 0.717) is 22.2 Å². The molecule has 1 atom stereocenters. The maximum atomic E-state index is 12.6. The summed E-state index contributed by atoms with van der Waals surface area (Å²) in [5.41, 5.74) is 3.23. The van der Waals surface area contributed by atoms with Gasteiger partial charge in [-0.3, -0.25) is 9.59 Å². The van der Waals surface area contributed by atoms with Gasteiger partial charge in [-0.25, -0.2) is 0 Å². The largest absolute Gasteiger partial charge is 0.339 e. The second-order valence-corrected chi connectivity index (χ2v) is 7.39. The Morgan fingerprint density at radius 2 is 2.04 bits per heavy atom. The van der Waals surface area contributed by atoms with E-state index < -0.39 is 6.04 Å². The quantitative estimate of drug-likeness (QED) is 0.922. The molecule has 1 aliphatic rings. The van der Waals surface area contributed by atoms with Gasteiger partial charge in [-0.2, -0.15) is 0 Å². The molecule has 0 spiro atoms. The number of carbonyl (C=O) groups excluding carboxylic acids is 2. The first-order valence-corrected chi connectivity index (χ1v) is 8.60. The summed E-state index contributed by atoms with van der Waals surface area (Å²) in [4.78, 5) is 27.0. The Bertz CT molecular complexity index is 772. The third-order valence-corrected chi connectivity index (χ3v) is 5.34. The van der Waals surface area contributed by atoms with E-state index in [4.69, 9.17) is 11.6 Å². The fourth-order valence-electron chi connectivity index (χ4n) is 2.63. The van der Waals surface area contributed by atoms with Gasteiger partial charge < -0.3 is 10.2 Å². The number of hydrogen-bond donors (Lipinski definition) is 1. The molecule has 4 nitrogen and oxygen atoms in total. The molecular weight excluding hydrogens is 332 g/mol. The number of aryl methyl sites for hydroxylation is 2. The topological polar surface area (TPSA) is 49.4 Å². The van der Waals surface area contributed by atoms with Crippen LogP contribution in [0.4, 0.5) is 5.69 Å². The number of carbonyl (C=O) groups is 2. The number of amides is 2. The van der Waals surface area contributed by atoms with E-state index in [9.17, 15) is 9.59 Å². The van der Waals surface area contributed by atoms with Gasteiger partial charge in [0, 0.05) is 12.2 Å². The zero-order chi connectivity index (χ0) is 16.6. The Morgan fingerprint density at radius 3 is 2.70 bits per heavy atom. The van der Waals surface area contributed by atoms with Crippen molar-refractivity contribution in [2.45, 2.75) is 26.3 Å². The first-order chi connectivity index (χ1) is 11.0. The molecule has 2 amide bonds. The highest BCUT2D eigenvalue weighted by Gasteiger charge is 2.34. The molecule has 1 N–H and O–H groups in total. The van der Waals surface area contributed by atoms with Crippen molar-refractivity contribution in [2.24, 2.45) is 0 Å². The van der Waals surface area contributed by atoms with Gasteiger partial charge in [0.05, 0.1) is 9.21 Å². The van der Waals surface area contributed by atoms with Crippen LogP contribution in [0.5, 0.6) is 0 Å². The lowest BCUT2D eigenvalue weighted by atomic mass is 10.1. The standard InChI is InChI=1S/C17H17ClN2O2S/c1-10-3-4-12(9-11(10)2)20-8-7-13(17(20)22)19-16(21)14-5-6-15(18)23-14/h3-6,9,13H,7-8H2,1-2H3,(H,19,21)/t13-/m1/s1. The lowest BCUT2D eigenvalue weighted by molar-refractivity contribution is -0.118. The molecule has 1 aliphatic heterocycles. The van der Waals surface area contributed by atoms with Crippen LogP contribution in [-0.4, -0.2) is 24.4 Å². The molecule has 2 heterocycles. The van der Waals surface area contributed by atoms with Gasteiger partial charge in [0.25, 0.3) is 5.91 Å². The molecule has 1 aromatic carbocycles. The van der Waals surface area contributed by atoms with Gasteiger partial charge in [-0.1, -0.05) is 17.7 Å². The number of nitrogens with one attached hydrogen (secondary N) is 1.